The predicted molar refractivity (Wildman–Crippen MR) is 76.4 cm³/mol. The molecule has 3 nitrogen and oxygen atoms in total. The predicted octanol–water partition coefficient (Wildman–Crippen LogP) is 1.92. The first-order valence-electron chi connectivity index (χ1n) is 6.18. The Hall–Kier alpha value is -1.42. The molecule has 0 atom stereocenters. The van der Waals surface area contributed by atoms with E-state index in [1.165, 1.54) is 6.42 Å². The van der Waals surface area contributed by atoms with Crippen molar-refractivity contribution in [2.24, 2.45) is 5.73 Å². The van der Waals surface area contributed by atoms with Crippen LogP contribution in [0.4, 0.5) is 0 Å². The summed E-state index contributed by atoms with van der Waals surface area (Å²) in [5.74, 6) is 0.0836. The van der Waals surface area contributed by atoms with Gasteiger partial charge in [-0.15, -0.1) is 0 Å². The zero-order chi connectivity index (χ0) is 13.2. The largest absolute Gasteiger partial charge is 0.389 e. The fourth-order valence-electron chi connectivity index (χ4n) is 2.19. The molecular weight excluding hydrogens is 244 g/mol. The second kappa shape index (κ2) is 5.06. The van der Waals surface area contributed by atoms with Crippen molar-refractivity contribution in [1.29, 1.82) is 0 Å². The van der Waals surface area contributed by atoms with Crippen LogP contribution in [0, 0.1) is 0 Å². The Kier molecular flexibility index (Phi) is 3.66. The van der Waals surface area contributed by atoms with Crippen molar-refractivity contribution in [3.05, 3.63) is 35.4 Å². The smallest absolute Gasteiger partial charge is 0.224 e. The summed E-state index contributed by atoms with van der Waals surface area (Å²) < 4.78 is 0. The first-order chi connectivity index (χ1) is 8.48. The van der Waals surface area contributed by atoms with Crippen LogP contribution in [0.3, 0.4) is 0 Å². The third-order valence-corrected chi connectivity index (χ3v) is 3.74. The number of thiocarbonyl (C=S) groups is 1. The zero-order valence-corrected chi connectivity index (χ0v) is 11.3. The van der Waals surface area contributed by atoms with Crippen LogP contribution >= 0.6 is 12.2 Å². The lowest BCUT2D eigenvalue weighted by molar-refractivity contribution is -0.123. The van der Waals surface area contributed by atoms with Crippen molar-refractivity contribution >= 4 is 23.1 Å². The van der Waals surface area contributed by atoms with E-state index in [1.54, 1.807) is 0 Å². The highest BCUT2D eigenvalue weighted by molar-refractivity contribution is 7.80. The first-order valence-corrected chi connectivity index (χ1v) is 6.59. The summed E-state index contributed by atoms with van der Waals surface area (Å²) in [5, 5.41) is 3.09. The molecule has 0 aromatic heterocycles. The molecule has 0 aliphatic heterocycles. The molecule has 1 aliphatic rings. The molecule has 3 N–H and O–H groups in total. The third kappa shape index (κ3) is 3.07. The SMILES string of the molecule is CC1(NC(=O)Cc2ccc(C(N)=S)cc2)CCC1. The van der Waals surface area contributed by atoms with Crippen molar-refractivity contribution in [3.63, 3.8) is 0 Å². The molecule has 0 heterocycles. The summed E-state index contributed by atoms with van der Waals surface area (Å²) in [6.07, 6.45) is 3.78. The average Bonchev–Trinajstić information content (AvgIpc) is 2.27. The number of nitrogens with two attached hydrogens (primary N) is 1. The van der Waals surface area contributed by atoms with E-state index >= 15 is 0 Å². The second-order valence-electron chi connectivity index (χ2n) is 5.20. The summed E-state index contributed by atoms with van der Waals surface area (Å²) >= 11 is 4.89. The summed E-state index contributed by atoms with van der Waals surface area (Å²) in [7, 11) is 0. The van der Waals surface area contributed by atoms with Gasteiger partial charge in [0.1, 0.15) is 4.99 Å². The van der Waals surface area contributed by atoms with Gasteiger partial charge in [0.2, 0.25) is 5.91 Å². The lowest BCUT2D eigenvalue weighted by Crippen LogP contribution is -2.51. The van der Waals surface area contributed by atoms with Crippen LogP contribution < -0.4 is 11.1 Å². The molecule has 0 radical (unpaired) electrons. The van der Waals surface area contributed by atoms with Gasteiger partial charge < -0.3 is 11.1 Å². The molecule has 18 heavy (non-hydrogen) atoms. The minimum absolute atomic E-state index is 0.0237. The number of hydrogen-bond donors (Lipinski definition) is 2. The van der Waals surface area contributed by atoms with E-state index in [9.17, 15) is 4.79 Å². The fourth-order valence-corrected chi connectivity index (χ4v) is 2.32. The van der Waals surface area contributed by atoms with Gasteiger partial charge in [0, 0.05) is 11.1 Å². The number of carbonyl (C=O) groups is 1. The third-order valence-electron chi connectivity index (χ3n) is 3.50. The Labute approximate surface area is 113 Å². The highest BCUT2D eigenvalue weighted by atomic mass is 32.1. The van der Waals surface area contributed by atoms with E-state index < -0.39 is 0 Å². The normalized spacial score (nSPS) is 16.7. The lowest BCUT2D eigenvalue weighted by atomic mass is 9.78. The van der Waals surface area contributed by atoms with Crippen molar-refractivity contribution < 1.29 is 4.79 Å². The molecule has 1 aliphatic carbocycles. The first kappa shape index (κ1) is 13.0. The van der Waals surface area contributed by atoms with Crippen LogP contribution in [0.2, 0.25) is 0 Å². The molecule has 2 rings (SSSR count). The van der Waals surface area contributed by atoms with E-state index in [1.807, 2.05) is 24.3 Å². The fraction of sp³-hybridized carbons (Fsp3) is 0.429. The van der Waals surface area contributed by atoms with E-state index in [2.05, 4.69) is 12.2 Å². The Bertz CT molecular complexity index is 463. The van der Waals surface area contributed by atoms with Gasteiger partial charge in [0.15, 0.2) is 0 Å². The number of carbonyl (C=O) groups excluding carboxylic acids is 1. The van der Waals surface area contributed by atoms with Gasteiger partial charge in [-0.05, 0) is 31.7 Å². The van der Waals surface area contributed by atoms with Crippen LogP contribution in [-0.4, -0.2) is 16.4 Å². The molecule has 0 unspecified atom stereocenters. The van der Waals surface area contributed by atoms with Gasteiger partial charge in [-0.1, -0.05) is 36.5 Å². The zero-order valence-electron chi connectivity index (χ0n) is 10.5. The van der Waals surface area contributed by atoms with Crippen molar-refractivity contribution in [3.8, 4) is 0 Å². The Balaban J connectivity index is 1.92. The lowest BCUT2D eigenvalue weighted by Gasteiger charge is -2.39. The summed E-state index contributed by atoms with van der Waals surface area (Å²) in [6.45, 7) is 2.10. The standard InChI is InChI=1S/C14H18N2OS/c1-14(7-2-8-14)16-12(17)9-10-3-5-11(6-4-10)13(15)18/h3-6H,2,7-9H2,1H3,(H2,15,18)(H,16,17). The average molecular weight is 262 g/mol. The highest BCUT2D eigenvalue weighted by Crippen LogP contribution is 2.30. The van der Waals surface area contributed by atoms with E-state index in [-0.39, 0.29) is 11.4 Å². The molecule has 1 aromatic carbocycles. The van der Waals surface area contributed by atoms with Crippen LogP contribution in [0.5, 0.6) is 0 Å². The van der Waals surface area contributed by atoms with Gasteiger partial charge >= 0.3 is 0 Å². The van der Waals surface area contributed by atoms with Crippen molar-refractivity contribution in [2.75, 3.05) is 0 Å². The van der Waals surface area contributed by atoms with Gasteiger partial charge in [0.05, 0.1) is 6.42 Å². The molecule has 1 amide bonds. The molecule has 1 saturated carbocycles. The summed E-state index contributed by atoms with van der Waals surface area (Å²) in [4.78, 5) is 12.3. The van der Waals surface area contributed by atoms with Crippen molar-refractivity contribution in [2.45, 2.75) is 38.1 Å². The molecule has 1 aromatic rings. The summed E-state index contributed by atoms with van der Waals surface area (Å²) in [6, 6.07) is 7.51. The molecule has 0 spiro atoms. The maximum Gasteiger partial charge on any atom is 0.224 e. The van der Waals surface area contributed by atoms with E-state index in [0.717, 1.165) is 24.0 Å². The van der Waals surface area contributed by atoms with Crippen LogP contribution in [0.1, 0.15) is 37.3 Å². The maximum absolute atomic E-state index is 11.9. The minimum atomic E-state index is 0.0237. The monoisotopic (exact) mass is 262 g/mol. The quantitative estimate of drug-likeness (QED) is 0.815. The van der Waals surface area contributed by atoms with Gasteiger partial charge in [-0.2, -0.15) is 0 Å². The van der Waals surface area contributed by atoms with Crippen LogP contribution in [-0.2, 0) is 11.2 Å². The van der Waals surface area contributed by atoms with Gasteiger partial charge in [-0.3, -0.25) is 4.79 Å². The van der Waals surface area contributed by atoms with Gasteiger partial charge in [0.25, 0.3) is 0 Å². The molecule has 96 valence electrons. The molecule has 1 fully saturated rings. The van der Waals surface area contributed by atoms with Gasteiger partial charge in [-0.25, -0.2) is 0 Å². The Morgan fingerprint density at radius 1 is 1.39 bits per heavy atom. The maximum atomic E-state index is 11.9. The topological polar surface area (TPSA) is 55.1 Å². The number of nitrogens with one attached hydrogen (secondary N) is 1. The van der Waals surface area contributed by atoms with Crippen LogP contribution in [0.25, 0.3) is 0 Å². The minimum Gasteiger partial charge on any atom is -0.389 e. The molecule has 4 heteroatoms. The number of rotatable bonds is 4. The number of amides is 1. The summed E-state index contributed by atoms with van der Waals surface area (Å²) in [5.41, 5.74) is 7.37. The molecule has 0 bridgehead atoms. The van der Waals surface area contributed by atoms with E-state index in [0.29, 0.717) is 11.4 Å². The Morgan fingerprint density at radius 2 is 2.00 bits per heavy atom. The van der Waals surface area contributed by atoms with Crippen LogP contribution in [0.15, 0.2) is 24.3 Å². The number of hydrogen-bond acceptors (Lipinski definition) is 2. The van der Waals surface area contributed by atoms with E-state index in [4.69, 9.17) is 18.0 Å². The highest BCUT2D eigenvalue weighted by Gasteiger charge is 2.32. The Morgan fingerprint density at radius 3 is 2.44 bits per heavy atom. The number of benzene rings is 1. The molecule has 0 saturated heterocycles. The van der Waals surface area contributed by atoms with Crippen molar-refractivity contribution in [1.82, 2.24) is 5.32 Å². The molecular formula is C14H18N2OS. The second-order valence-corrected chi connectivity index (χ2v) is 5.64.